The molecule has 0 heterocycles. The molecule has 0 bridgehead atoms. The summed E-state index contributed by atoms with van der Waals surface area (Å²) in [6.07, 6.45) is -0.946. The van der Waals surface area contributed by atoms with Gasteiger partial charge in [0.25, 0.3) is 0 Å². The number of ketones is 1. The summed E-state index contributed by atoms with van der Waals surface area (Å²) in [7, 11) is -25.0. The molecule has 0 fully saturated rings. The van der Waals surface area contributed by atoms with Crippen LogP contribution < -0.4 is 11.5 Å². The van der Waals surface area contributed by atoms with Crippen LogP contribution in [0.15, 0.2) is 53.4 Å². The van der Waals surface area contributed by atoms with Crippen molar-refractivity contribution < 1.29 is 70.6 Å². The van der Waals surface area contributed by atoms with Crippen LogP contribution in [0, 0.1) is 0 Å². The number of hydrogen-bond acceptors (Lipinski definition) is 9. The summed E-state index contributed by atoms with van der Waals surface area (Å²) < 4.78 is 68.0. The Morgan fingerprint density at radius 1 is 0.641 bits per heavy atom. The highest BCUT2D eigenvalue weighted by atomic mass is 32.2. The molecular weight excluding hydrogens is 628 g/mol. The average molecular weight is 654 g/mol. The van der Waals surface area contributed by atoms with Gasteiger partial charge in [0.2, 0.25) is 0 Å². The molecule has 0 saturated carbocycles. The van der Waals surface area contributed by atoms with Crippen LogP contribution in [-0.4, -0.2) is 69.9 Å². The summed E-state index contributed by atoms with van der Waals surface area (Å²) >= 11 is 0. The lowest BCUT2D eigenvalue weighted by atomic mass is 10.1. The predicted octanol–water partition coefficient (Wildman–Crippen LogP) is 0.247. The number of anilines is 2. The molecule has 220 valence electrons. The number of benzene rings is 2. The van der Waals surface area contributed by atoms with Crippen molar-refractivity contribution in [2.45, 2.75) is 22.1 Å². The molecule has 0 aromatic heterocycles. The SMILES string of the molecule is Nc1ccc(C(=O)CC(P(=O)(O)O)P(=O)(O)O)cc1.Nc1ccc(S(=O)(=O)CC(P(=O)(O)O)P(=O)(O)O)cc1. The molecule has 2 aromatic carbocycles. The number of rotatable bonds is 10. The summed E-state index contributed by atoms with van der Waals surface area (Å²) in [5, 5.41) is -4.93. The second-order valence-corrected chi connectivity index (χ2v) is 18.0. The van der Waals surface area contributed by atoms with Crippen molar-refractivity contribution in [3.05, 3.63) is 54.1 Å². The van der Waals surface area contributed by atoms with Crippen molar-refractivity contribution in [2.75, 3.05) is 17.2 Å². The summed E-state index contributed by atoms with van der Waals surface area (Å²) in [5.74, 6) is -2.15. The number of nitrogens with two attached hydrogens (primary N) is 2. The minimum absolute atomic E-state index is 0.0705. The predicted molar refractivity (Wildman–Crippen MR) is 138 cm³/mol. The second kappa shape index (κ2) is 12.8. The third kappa shape index (κ3) is 11.3. The Hall–Kier alpha value is -1.74. The van der Waals surface area contributed by atoms with Gasteiger partial charge in [-0.15, -0.1) is 0 Å². The van der Waals surface area contributed by atoms with Crippen molar-refractivity contribution in [3.8, 4) is 0 Å². The van der Waals surface area contributed by atoms with Gasteiger partial charge >= 0.3 is 30.4 Å². The van der Waals surface area contributed by atoms with Crippen LogP contribution in [0.2, 0.25) is 0 Å². The normalized spacial score (nSPS) is 13.2. The maximum Gasteiger partial charge on any atom is 0.341 e. The minimum Gasteiger partial charge on any atom is -0.399 e. The Morgan fingerprint density at radius 2 is 0.974 bits per heavy atom. The standard InChI is InChI=1S/C9H13NO7P2.C8H13NO8P2S/c10-7-3-1-6(2-4-7)8(11)5-9(18(12,13)14)19(15,16)17;9-6-1-3-7(4-2-6)20(16,17)5-8(18(10,11)12)19(13,14)15/h1-4,9H,5,10H2,(H2,12,13,14)(H2,15,16,17);1-4,8H,5,9H2,(H2,10,11,12)(H2,13,14,15). The zero-order valence-corrected chi connectivity index (χ0v) is 23.9. The number of sulfone groups is 1. The van der Waals surface area contributed by atoms with E-state index in [0.29, 0.717) is 5.69 Å². The first-order valence-electron chi connectivity index (χ1n) is 10.0. The topological polar surface area (TPSA) is 333 Å². The Kier molecular flexibility index (Phi) is 11.6. The molecule has 0 aliphatic rings. The van der Waals surface area contributed by atoms with Gasteiger partial charge in [0.1, 0.15) is 0 Å². The van der Waals surface area contributed by atoms with E-state index in [9.17, 15) is 31.5 Å². The van der Waals surface area contributed by atoms with Gasteiger partial charge in [-0.3, -0.25) is 23.1 Å². The first-order chi connectivity index (χ1) is 17.4. The molecule has 0 saturated heterocycles. The van der Waals surface area contributed by atoms with Gasteiger partial charge in [-0.2, -0.15) is 0 Å². The van der Waals surface area contributed by atoms with Crippen molar-refractivity contribution in [1.29, 1.82) is 0 Å². The van der Waals surface area contributed by atoms with Crippen LogP contribution in [0.3, 0.4) is 0 Å². The largest absolute Gasteiger partial charge is 0.399 e. The van der Waals surface area contributed by atoms with E-state index in [0.717, 1.165) is 12.1 Å². The number of carbonyl (C=O) groups excluding carboxylic acids is 1. The summed E-state index contributed by atoms with van der Waals surface area (Å²) in [6, 6.07) is 10.1. The molecule has 17 nitrogen and oxygen atoms in total. The molecule has 12 N–H and O–H groups in total. The van der Waals surface area contributed by atoms with Gasteiger partial charge in [-0.05, 0) is 48.5 Å². The second-order valence-electron chi connectivity index (χ2n) is 7.92. The molecule has 2 aromatic rings. The molecule has 0 aliphatic carbocycles. The van der Waals surface area contributed by atoms with Gasteiger partial charge < -0.3 is 50.6 Å². The van der Waals surface area contributed by atoms with Crippen LogP contribution in [0.25, 0.3) is 0 Å². The number of carbonyl (C=O) groups is 1. The van der Waals surface area contributed by atoms with Gasteiger partial charge in [0, 0.05) is 23.4 Å². The van der Waals surface area contributed by atoms with E-state index < -0.39 is 69.0 Å². The lowest BCUT2D eigenvalue weighted by Gasteiger charge is -2.19. The maximum absolute atomic E-state index is 11.9. The number of Topliss-reactive ketones (excluding diaryl/α,β-unsaturated/α-hetero) is 1. The lowest BCUT2D eigenvalue weighted by molar-refractivity contribution is 0.0980. The van der Waals surface area contributed by atoms with Crippen molar-refractivity contribution in [1.82, 2.24) is 0 Å². The quantitative estimate of drug-likeness (QED) is 0.0931. The molecule has 0 aliphatic heterocycles. The summed E-state index contributed by atoms with van der Waals surface area (Å²) in [6.45, 7) is 0. The fraction of sp³-hybridized carbons (Fsp3) is 0.235. The Morgan fingerprint density at radius 3 is 1.31 bits per heavy atom. The van der Waals surface area contributed by atoms with Gasteiger partial charge in [0.05, 0.1) is 10.6 Å². The van der Waals surface area contributed by atoms with E-state index in [-0.39, 0.29) is 16.1 Å². The van der Waals surface area contributed by atoms with Crippen LogP contribution in [0.4, 0.5) is 11.4 Å². The average Bonchev–Trinajstić information content (AvgIpc) is 2.74. The monoisotopic (exact) mass is 654 g/mol. The third-order valence-corrected chi connectivity index (χ3v) is 14.5. The highest BCUT2D eigenvalue weighted by Crippen LogP contribution is 2.62. The Bertz CT molecular complexity index is 1410. The number of nitrogen functional groups attached to an aromatic ring is 2. The molecule has 0 spiro atoms. The van der Waals surface area contributed by atoms with Crippen molar-refractivity contribution in [3.63, 3.8) is 0 Å². The molecule has 39 heavy (non-hydrogen) atoms. The van der Waals surface area contributed by atoms with Crippen LogP contribution in [-0.2, 0) is 28.1 Å². The highest BCUT2D eigenvalue weighted by molar-refractivity contribution is 7.92. The van der Waals surface area contributed by atoms with Crippen LogP contribution >= 0.6 is 30.4 Å². The summed E-state index contributed by atoms with van der Waals surface area (Å²) in [5.41, 5.74) is 11.5. The smallest absolute Gasteiger partial charge is 0.341 e. The van der Waals surface area contributed by atoms with E-state index >= 15 is 0 Å². The Balaban J connectivity index is 0.000000391. The van der Waals surface area contributed by atoms with E-state index in [2.05, 4.69) is 0 Å². The molecule has 0 radical (unpaired) electrons. The molecule has 0 unspecified atom stereocenters. The lowest BCUT2D eigenvalue weighted by Crippen LogP contribution is -2.22. The van der Waals surface area contributed by atoms with E-state index in [1.165, 1.54) is 36.4 Å². The van der Waals surface area contributed by atoms with Gasteiger partial charge in [0.15, 0.2) is 26.4 Å². The molecule has 0 amide bonds. The van der Waals surface area contributed by atoms with Gasteiger partial charge in [-0.1, -0.05) is 0 Å². The first-order valence-corrected chi connectivity index (χ1v) is 18.4. The summed E-state index contributed by atoms with van der Waals surface area (Å²) in [4.78, 5) is 82.6. The number of hydrogen-bond donors (Lipinski definition) is 10. The molecular formula is C17H26N2O15P4S. The fourth-order valence-electron chi connectivity index (χ4n) is 2.74. The zero-order chi connectivity index (χ0) is 30.6. The zero-order valence-electron chi connectivity index (χ0n) is 19.5. The maximum atomic E-state index is 11.9. The van der Waals surface area contributed by atoms with Crippen LogP contribution in [0.5, 0.6) is 0 Å². The van der Waals surface area contributed by atoms with Crippen molar-refractivity contribution in [2.24, 2.45) is 0 Å². The first kappa shape index (κ1) is 35.3. The van der Waals surface area contributed by atoms with Crippen molar-refractivity contribution >= 4 is 57.4 Å². The minimum atomic E-state index is -5.29. The van der Waals surface area contributed by atoms with Gasteiger partial charge in [-0.25, -0.2) is 8.42 Å². The molecule has 22 heteroatoms. The van der Waals surface area contributed by atoms with Crippen LogP contribution in [0.1, 0.15) is 16.8 Å². The third-order valence-electron chi connectivity index (χ3n) is 4.76. The van der Waals surface area contributed by atoms with E-state index in [1.54, 1.807) is 0 Å². The Labute approximate surface area is 221 Å². The fourth-order valence-corrected chi connectivity index (χ4v) is 10.6. The molecule has 0 atom stereocenters. The van der Waals surface area contributed by atoms with E-state index in [4.69, 9.17) is 50.6 Å². The van der Waals surface area contributed by atoms with E-state index in [1.807, 2.05) is 0 Å². The molecule has 2 rings (SSSR count). The highest BCUT2D eigenvalue weighted by Gasteiger charge is 2.46.